The van der Waals surface area contributed by atoms with E-state index in [1.807, 2.05) is 45.2 Å². The summed E-state index contributed by atoms with van der Waals surface area (Å²) in [5.74, 6) is 2.19. The number of fused-ring (bicyclic) bond motifs is 1. The molecule has 168 valence electrons. The van der Waals surface area contributed by atoms with Gasteiger partial charge >= 0.3 is 0 Å². The van der Waals surface area contributed by atoms with Crippen LogP contribution >= 0.6 is 0 Å². The first-order valence-electron chi connectivity index (χ1n) is 10.7. The van der Waals surface area contributed by atoms with Crippen LogP contribution in [0.5, 0.6) is 0 Å². The van der Waals surface area contributed by atoms with E-state index in [1.54, 1.807) is 6.20 Å². The highest BCUT2D eigenvalue weighted by molar-refractivity contribution is 5.72. The quantitative estimate of drug-likeness (QED) is 0.367. The third-order valence-corrected chi connectivity index (χ3v) is 5.21. The number of hydrogen-bond donors (Lipinski definition) is 5. The van der Waals surface area contributed by atoms with Gasteiger partial charge in [0.1, 0.15) is 18.2 Å². The number of aliphatic hydroxyl groups is 1. The van der Waals surface area contributed by atoms with Crippen LogP contribution in [0.1, 0.15) is 36.2 Å². The topological polar surface area (TPSA) is 128 Å². The number of aliphatic hydroxyl groups excluding tert-OH is 1. The zero-order chi connectivity index (χ0) is 22.7. The number of ether oxygens (including phenoxy) is 1. The van der Waals surface area contributed by atoms with Crippen LogP contribution in [0.2, 0.25) is 0 Å². The second-order valence-electron chi connectivity index (χ2n) is 8.03. The van der Waals surface area contributed by atoms with E-state index in [4.69, 9.17) is 9.84 Å². The van der Waals surface area contributed by atoms with Gasteiger partial charge in [0, 0.05) is 36.1 Å². The standard InChI is InChI=1S/C23H28N6O3/c1-13(2)27-23-26-12-19(22(31)29-23)20-5-4-15(14(3)28-20)8-16-10-24-21-18(16)9-17(11-25-21)32-7-6-30/h4-5,9-10,12-13,24-25,30H,6-8,11H2,1-3H3,(H2,26,27,29,31). The second-order valence-corrected chi connectivity index (χ2v) is 8.03. The van der Waals surface area contributed by atoms with Gasteiger partial charge in [0.05, 0.1) is 24.4 Å². The van der Waals surface area contributed by atoms with Crippen molar-refractivity contribution in [1.29, 1.82) is 0 Å². The maximum absolute atomic E-state index is 12.5. The molecule has 0 aromatic carbocycles. The van der Waals surface area contributed by atoms with Gasteiger partial charge in [0.25, 0.3) is 5.56 Å². The van der Waals surface area contributed by atoms with Gasteiger partial charge in [-0.25, -0.2) is 4.98 Å². The maximum atomic E-state index is 12.5. The number of rotatable bonds is 8. The van der Waals surface area contributed by atoms with Gasteiger partial charge < -0.3 is 25.5 Å². The lowest BCUT2D eigenvalue weighted by Crippen LogP contribution is -2.18. The van der Waals surface area contributed by atoms with Crippen LogP contribution in [0.25, 0.3) is 17.3 Å². The number of aryl methyl sites for hydroxylation is 1. The summed E-state index contributed by atoms with van der Waals surface area (Å²) in [4.78, 5) is 27.5. The Morgan fingerprint density at radius 2 is 2.12 bits per heavy atom. The van der Waals surface area contributed by atoms with Crippen LogP contribution in [0, 0.1) is 6.92 Å². The first kappa shape index (κ1) is 21.6. The molecule has 0 unspecified atom stereocenters. The smallest absolute Gasteiger partial charge is 0.261 e. The van der Waals surface area contributed by atoms with Crippen LogP contribution in [0.15, 0.2) is 35.1 Å². The van der Waals surface area contributed by atoms with Gasteiger partial charge in [-0.15, -0.1) is 0 Å². The number of pyridine rings is 1. The van der Waals surface area contributed by atoms with Crippen molar-refractivity contribution < 1.29 is 9.84 Å². The van der Waals surface area contributed by atoms with Crippen molar-refractivity contribution in [3.63, 3.8) is 0 Å². The van der Waals surface area contributed by atoms with Gasteiger partial charge in [0.15, 0.2) is 0 Å². The Bertz CT molecular complexity index is 1190. The van der Waals surface area contributed by atoms with E-state index in [0.717, 1.165) is 34.0 Å². The van der Waals surface area contributed by atoms with E-state index in [9.17, 15) is 4.79 Å². The highest BCUT2D eigenvalue weighted by atomic mass is 16.5. The SMILES string of the molecule is Cc1nc(-c2cnc(NC(C)C)[nH]c2=O)ccc1Cc1c[nH]c2c1C=C(OCCO)CN2. The zero-order valence-electron chi connectivity index (χ0n) is 18.5. The fourth-order valence-corrected chi connectivity index (χ4v) is 3.65. The van der Waals surface area contributed by atoms with E-state index in [0.29, 0.717) is 30.2 Å². The van der Waals surface area contributed by atoms with E-state index in [2.05, 4.69) is 30.6 Å². The number of nitrogens with one attached hydrogen (secondary N) is 4. The molecule has 0 bridgehead atoms. The molecule has 0 saturated carbocycles. The van der Waals surface area contributed by atoms with Crippen molar-refractivity contribution in [3.8, 4) is 11.3 Å². The van der Waals surface area contributed by atoms with Gasteiger partial charge in [-0.2, -0.15) is 0 Å². The molecule has 0 fully saturated rings. The van der Waals surface area contributed by atoms with Crippen LogP contribution in [-0.2, 0) is 11.2 Å². The highest BCUT2D eigenvalue weighted by Gasteiger charge is 2.17. The number of aromatic amines is 2. The summed E-state index contributed by atoms with van der Waals surface area (Å²) in [6.45, 7) is 6.74. The van der Waals surface area contributed by atoms with Crippen molar-refractivity contribution in [2.75, 3.05) is 30.4 Å². The Morgan fingerprint density at radius 1 is 1.28 bits per heavy atom. The molecule has 0 amide bonds. The number of aromatic nitrogens is 4. The van der Waals surface area contributed by atoms with E-state index >= 15 is 0 Å². The molecule has 0 spiro atoms. The molecule has 0 saturated heterocycles. The summed E-state index contributed by atoms with van der Waals surface area (Å²) in [6.07, 6.45) is 6.22. The molecule has 32 heavy (non-hydrogen) atoms. The Labute approximate surface area is 186 Å². The fraction of sp³-hybridized carbons (Fsp3) is 0.348. The molecule has 5 N–H and O–H groups in total. The maximum Gasteiger partial charge on any atom is 0.261 e. The average molecular weight is 437 g/mol. The van der Waals surface area contributed by atoms with Gasteiger partial charge in [-0.3, -0.25) is 14.8 Å². The molecular formula is C23H28N6O3. The van der Waals surface area contributed by atoms with Gasteiger partial charge in [-0.1, -0.05) is 6.07 Å². The summed E-state index contributed by atoms with van der Waals surface area (Å²) < 4.78 is 5.57. The molecule has 0 atom stereocenters. The monoisotopic (exact) mass is 436 g/mol. The average Bonchev–Trinajstić information content (AvgIpc) is 3.15. The van der Waals surface area contributed by atoms with Crippen LogP contribution in [0.4, 0.5) is 11.8 Å². The summed E-state index contributed by atoms with van der Waals surface area (Å²) in [6, 6.07) is 4.03. The summed E-state index contributed by atoms with van der Waals surface area (Å²) in [7, 11) is 0. The summed E-state index contributed by atoms with van der Waals surface area (Å²) >= 11 is 0. The van der Waals surface area contributed by atoms with Crippen molar-refractivity contribution >= 4 is 17.8 Å². The fourth-order valence-electron chi connectivity index (χ4n) is 3.65. The van der Waals surface area contributed by atoms with E-state index < -0.39 is 0 Å². The summed E-state index contributed by atoms with van der Waals surface area (Å²) in [5, 5.41) is 15.4. The molecule has 3 aromatic rings. The minimum absolute atomic E-state index is 0.0171. The van der Waals surface area contributed by atoms with E-state index in [-0.39, 0.29) is 24.8 Å². The van der Waals surface area contributed by atoms with Gasteiger partial charge in [-0.05, 0) is 44.0 Å². The molecule has 0 radical (unpaired) electrons. The third-order valence-electron chi connectivity index (χ3n) is 5.21. The molecule has 1 aliphatic rings. The largest absolute Gasteiger partial charge is 0.494 e. The number of anilines is 2. The van der Waals surface area contributed by atoms with Crippen molar-refractivity contribution in [2.45, 2.75) is 33.2 Å². The number of hydrogen-bond acceptors (Lipinski definition) is 7. The second kappa shape index (κ2) is 9.27. The van der Waals surface area contributed by atoms with Gasteiger partial charge in [0.2, 0.25) is 5.95 Å². The molecule has 9 nitrogen and oxygen atoms in total. The first-order chi connectivity index (χ1) is 15.4. The number of nitrogens with zero attached hydrogens (tertiary/aromatic N) is 2. The Hall–Kier alpha value is -3.59. The van der Waals surface area contributed by atoms with Crippen LogP contribution in [-0.4, -0.2) is 50.8 Å². The molecule has 9 heteroatoms. The predicted molar refractivity (Wildman–Crippen MR) is 125 cm³/mol. The van der Waals surface area contributed by atoms with Crippen molar-refractivity contribution in [3.05, 3.63) is 63.0 Å². The minimum atomic E-state index is -0.228. The normalized spacial score (nSPS) is 12.8. The van der Waals surface area contributed by atoms with Crippen molar-refractivity contribution in [1.82, 2.24) is 19.9 Å². The first-order valence-corrected chi connectivity index (χ1v) is 10.7. The van der Waals surface area contributed by atoms with Crippen molar-refractivity contribution in [2.24, 2.45) is 0 Å². The molecule has 4 rings (SSSR count). The number of H-pyrrole nitrogens is 2. The lowest BCUT2D eigenvalue weighted by Gasteiger charge is -2.17. The Kier molecular flexibility index (Phi) is 6.27. The third kappa shape index (κ3) is 4.67. The molecule has 3 aromatic heterocycles. The summed E-state index contributed by atoms with van der Waals surface area (Å²) in [5.41, 5.74) is 4.87. The molecule has 0 aliphatic carbocycles. The van der Waals surface area contributed by atoms with Crippen LogP contribution < -0.4 is 16.2 Å². The lowest BCUT2D eigenvalue weighted by molar-refractivity contribution is 0.146. The van der Waals surface area contributed by atoms with E-state index in [1.165, 1.54) is 0 Å². The molecular weight excluding hydrogens is 408 g/mol. The molecule has 4 heterocycles. The Morgan fingerprint density at radius 3 is 2.84 bits per heavy atom. The highest BCUT2D eigenvalue weighted by Crippen LogP contribution is 2.29. The minimum Gasteiger partial charge on any atom is -0.494 e. The van der Waals surface area contributed by atoms with Crippen LogP contribution in [0.3, 0.4) is 0 Å². The lowest BCUT2D eigenvalue weighted by atomic mass is 10.0. The zero-order valence-corrected chi connectivity index (χ0v) is 18.5. The molecule has 1 aliphatic heterocycles. The predicted octanol–water partition coefficient (Wildman–Crippen LogP) is 2.65. The Balaban J connectivity index is 1.56.